The van der Waals surface area contributed by atoms with E-state index in [2.05, 4.69) is 31.1 Å². The first-order valence-electron chi connectivity index (χ1n) is 9.42. The molecule has 0 aliphatic carbocycles. The number of hydrogen-bond donors (Lipinski definition) is 3. The first kappa shape index (κ1) is 20.1. The van der Waals surface area contributed by atoms with Crippen molar-refractivity contribution < 1.29 is 24.5 Å². The van der Waals surface area contributed by atoms with Crippen molar-refractivity contribution in [2.75, 3.05) is 12.3 Å². The van der Waals surface area contributed by atoms with Gasteiger partial charge in [0.1, 0.15) is 36.8 Å². The molecule has 2 aliphatic heterocycles. The maximum atomic E-state index is 12.1. The molecule has 1 fully saturated rings. The first-order chi connectivity index (χ1) is 14.4. The summed E-state index contributed by atoms with van der Waals surface area (Å²) in [7, 11) is 0. The van der Waals surface area contributed by atoms with Crippen LogP contribution in [0.4, 0.5) is 5.82 Å². The predicted molar refractivity (Wildman–Crippen MR) is 102 cm³/mol. The second-order valence-electron chi connectivity index (χ2n) is 7.20. The highest BCUT2D eigenvalue weighted by Crippen LogP contribution is 2.38. The molecule has 2 aromatic heterocycles. The van der Waals surface area contributed by atoms with Crippen molar-refractivity contribution in [1.29, 1.82) is 0 Å². The van der Waals surface area contributed by atoms with E-state index in [1.54, 1.807) is 0 Å². The number of hydrogen-bond acceptors (Lipinski definition) is 11. The second-order valence-corrected chi connectivity index (χ2v) is 7.20. The van der Waals surface area contributed by atoms with Gasteiger partial charge in [0, 0.05) is 25.7 Å². The topological polar surface area (TPSA) is 170 Å². The lowest BCUT2D eigenvalue weighted by atomic mass is 10.0. The van der Waals surface area contributed by atoms with E-state index in [1.165, 1.54) is 17.2 Å². The normalized spacial score (nSPS) is 26.6. The molecule has 0 amide bonds. The first-order valence-corrected chi connectivity index (χ1v) is 9.42. The number of rotatable bonds is 8. The lowest BCUT2D eigenvalue weighted by Crippen LogP contribution is -2.34. The Bertz CT molecular complexity index is 1010. The largest absolute Gasteiger partial charge is 0.463 e. The molecule has 12 nitrogen and oxygen atoms in total. The number of aliphatic hydroxyl groups is 2. The number of nitrogens with zero attached hydrogens (tertiary/aromatic N) is 6. The number of aromatic nitrogens is 4. The highest BCUT2D eigenvalue weighted by atomic mass is 16.6. The molecule has 4 heterocycles. The van der Waals surface area contributed by atoms with Gasteiger partial charge < -0.3 is 25.4 Å². The number of ether oxygens (including phenoxy) is 2. The van der Waals surface area contributed by atoms with Crippen LogP contribution in [-0.2, 0) is 14.3 Å². The number of anilines is 1. The van der Waals surface area contributed by atoms with E-state index in [-0.39, 0.29) is 18.8 Å². The molecule has 0 aromatic carbocycles. The number of carbonyl (C=O) groups excluding carboxylic acids is 1. The van der Waals surface area contributed by atoms with Crippen LogP contribution in [0.3, 0.4) is 0 Å². The quantitative estimate of drug-likeness (QED) is 0.394. The molecule has 0 unspecified atom stereocenters. The van der Waals surface area contributed by atoms with Crippen molar-refractivity contribution in [3.05, 3.63) is 12.7 Å². The molecule has 0 bridgehead atoms. The van der Waals surface area contributed by atoms with Crippen LogP contribution >= 0.6 is 0 Å². The molecular formula is C18H21N7O5. The molecule has 0 radical (unpaired) electrons. The van der Waals surface area contributed by atoms with Gasteiger partial charge in [0.15, 0.2) is 23.4 Å². The van der Waals surface area contributed by atoms with E-state index in [0.717, 1.165) is 0 Å². The number of esters is 1. The Kier molecular flexibility index (Phi) is 5.33. The number of imidazole rings is 1. The van der Waals surface area contributed by atoms with Crippen molar-refractivity contribution in [3.8, 4) is 12.3 Å². The molecule has 0 saturated carbocycles. The molecule has 2 aliphatic rings. The third-order valence-corrected chi connectivity index (χ3v) is 5.19. The van der Waals surface area contributed by atoms with Crippen LogP contribution in [0.25, 0.3) is 11.2 Å². The van der Waals surface area contributed by atoms with Gasteiger partial charge in [-0.3, -0.25) is 9.36 Å². The summed E-state index contributed by atoms with van der Waals surface area (Å²) in [5.41, 5.74) is 5.91. The van der Waals surface area contributed by atoms with Gasteiger partial charge in [-0.15, -0.1) is 12.3 Å². The number of aliphatic hydroxyl groups excluding tert-OH is 2. The van der Waals surface area contributed by atoms with E-state index in [1.807, 2.05) is 0 Å². The van der Waals surface area contributed by atoms with Crippen molar-refractivity contribution in [2.45, 2.75) is 55.9 Å². The maximum Gasteiger partial charge on any atom is 0.306 e. The second kappa shape index (κ2) is 7.94. The zero-order chi connectivity index (χ0) is 21.3. The standard InChI is InChI=1S/C18H21N7O5/c1-2-3-5-18(23-24-18)6-4-11(26)29-7-10-13(27)14(28)17(30-10)25-9-22-12-15(19)20-8-21-16(12)25/h1,8-10,13-14,17,27-28H,3-7H2,(H2,19,20,21)/t10-,13-,14-,17-/m1/s1. The van der Waals surface area contributed by atoms with Crippen molar-refractivity contribution in [2.24, 2.45) is 10.2 Å². The Morgan fingerprint density at radius 3 is 2.83 bits per heavy atom. The molecule has 0 spiro atoms. The van der Waals surface area contributed by atoms with Crippen LogP contribution in [0.2, 0.25) is 0 Å². The van der Waals surface area contributed by atoms with Crippen LogP contribution in [-0.4, -0.2) is 66.3 Å². The van der Waals surface area contributed by atoms with Crippen molar-refractivity contribution >= 4 is 23.0 Å². The van der Waals surface area contributed by atoms with Gasteiger partial charge in [-0.25, -0.2) is 15.0 Å². The van der Waals surface area contributed by atoms with Gasteiger partial charge in [0.2, 0.25) is 0 Å². The Balaban J connectivity index is 1.33. The molecule has 158 valence electrons. The molecule has 4 atom stereocenters. The van der Waals surface area contributed by atoms with Gasteiger partial charge in [-0.2, -0.15) is 10.2 Å². The minimum atomic E-state index is -1.28. The summed E-state index contributed by atoms with van der Waals surface area (Å²) in [6.45, 7) is -0.219. The summed E-state index contributed by atoms with van der Waals surface area (Å²) in [6, 6.07) is 0. The zero-order valence-corrected chi connectivity index (χ0v) is 16.0. The molecule has 4 rings (SSSR count). The average molecular weight is 415 g/mol. The van der Waals surface area contributed by atoms with E-state index in [0.29, 0.717) is 30.4 Å². The smallest absolute Gasteiger partial charge is 0.306 e. The van der Waals surface area contributed by atoms with Crippen LogP contribution in [0.5, 0.6) is 0 Å². The zero-order valence-electron chi connectivity index (χ0n) is 16.0. The lowest BCUT2D eigenvalue weighted by Gasteiger charge is -2.16. The summed E-state index contributed by atoms with van der Waals surface area (Å²) < 4.78 is 12.4. The fourth-order valence-corrected chi connectivity index (χ4v) is 3.37. The van der Waals surface area contributed by atoms with Crippen molar-refractivity contribution in [3.63, 3.8) is 0 Å². The number of carbonyl (C=O) groups is 1. The van der Waals surface area contributed by atoms with Gasteiger partial charge in [0.05, 0.1) is 6.33 Å². The van der Waals surface area contributed by atoms with Gasteiger partial charge >= 0.3 is 5.97 Å². The van der Waals surface area contributed by atoms with Crippen LogP contribution < -0.4 is 5.73 Å². The molecule has 30 heavy (non-hydrogen) atoms. The van der Waals surface area contributed by atoms with E-state index in [4.69, 9.17) is 21.6 Å². The molecular weight excluding hydrogens is 394 g/mol. The lowest BCUT2D eigenvalue weighted by molar-refractivity contribution is -0.150. The highest BCUT2D eigenvalue weighted by Gasteiger charge is 2.45. The van der Waals surface area contributed by atoms with Gasteiger partial charge in [-0.1, -0.05) is 0 Å². The molecule has 1 saturated heterocycles. The summed E-state index contributed by atoms with van der Waals surface area (Å²) in [6.07, 6.45) is 5.11. The third kappa shape index (κ3) is 3.82. The van der Waals surface area contributed by atoms with Crippen LogP contribution in [0.1, 0.15) is 31.9 Å². The Morgan fingerprint density at radius 1 is 1.30 bits per heavy atom. The molecule has 12 heteroatoms. The van der Waals surface area contributed by atoms with E-state index < -0.39 is 36.2 Å². The van der Waals surface area contributed by atoms with E-state index >= 15 is 0 Å². The van der Waals surface area contributed by atoms with Crippen molar-refractivity contribution in [1.82, 2.24) is 19.5 Å². The third-order valence-electron chi connectivity index (χ3n) is 5.19. The minimum Gasteiger partial charge on any atom is -0.463 e. The highest BCUT2D eigenvalue weighted by molar-refractivity contribution is 5.81. The Hall–Kier alpha value is -3.14. The monoisotopic (exact) mass is 415 g/mol. The summed E-state index contributed by atoms with van der Waals surface area (Å²) in [4.78, 5) is 24.1. The van der Waals surface area contributed by atoms with Gasteiger partial charge in [0.25, 0.3) is 0 Å². The van der Waals surface area contributed by atoms with Crippen LogP contribution in [0, 0.1) is 12.3 Å². The Morgan fingerprint density at radius 2 is 2.10 bits per heavy atom. The Labute approximate surface area is 171 Å². The number of nitrogen functional groups attached to an aromatic ring is 1. The number of fused-ring (bicyclic) bond motifs is 1. The average Bonchev–Trinajstić information content (AvgIpc) is 3.30. The SMILES string of the molecule is C#CCCC1(CCC(=O)OC[C@H]2O[C@@H](n3cnc4c(N)ncnc43)[C@H](O)[C@@H]2O)N=N1. The molecule has 2 aromatic rings. The number of terminal acetylenes is 1. The number of nitrogens with two attached hydrogens (primary N) is 1. The minimum absolute atomic E-state index is 0.106. The van der Waals surface area contributed by atoms with Gasteiger partial charge in [-0.05, 0) is 0 Å². The van der Waals surface area contributed by atoms with Crippen LogP contribution in [0.15, 0.2) is 22.9 Å². The summed E-state index contributed by atoms with van der Waals surface area (Å²) >= 11 is 0. The summed E-state index contributed by atoms with van der Waals surface area (Å²) in [5.74, 6) is 2.24. The predicted octanol–water partition coefficient (Wildman–Crippen LogP) is -0.0734. The molecule has 4 N–H and O–H groups in total. The summed E-state index contributed by atoms with van der Waals surface area (Å²) in [5, 5.41) is 28.7. The fraction of sp³-hybridized carbons (Fsp3) is 0.556. The maximum absolute atomic E-state index is 12.1. The van der Waals surface area contributed by atoms with E-state index in [9.17, 15) is 15.0 Å². The fourth-order valence-electron chi connectivity index (χ4n) is 3.37.